The van der Waals surface area contributed by atoms with Gasteiger partial charge in [-0.1, -0.05) is 23.7 Å². The van der Waals surface area contributed by atoms with Crippen LogP contribution >= 0.6 is 22.9 Å². The maximum absolute atomic E-state index is 9.24. The first kappa shape index (κ1) is 14.1. The van der Waals surface area contributed by atoms with E-state index in [4.69, 9.17) is 21.0 Å². The molecule has 3 heterocycles. The van der Waals surface area contributed by atoms with Crippen molar-refractivity contribution in [3.8, 4) is 28.8 Å². The largest absolute Gasteiger partial charge is 0.463 e. The van der Waals surface area contributed by atoms with Gasteiger partial charge in [0.1, 0.15) is 5.69 Å². The van der Waals surface area contributed by atoms with Crippen LogP contribution in [0.3, 0.4) is 0 Å². The second kappa shape index (κ2) is 5.58. The van der Waals surface area contributed by atoms with Gasteiger partial charge in [-0.15, -0.1) is 11.3 Å². The first-order valence-electron chi connectivity index (χ1n) is 6.93. The molecule has 0 aliphatic heterocycles. The molecule has 3 aromatic heterocycles. The van der Waals surface area contributed by atoms with Gasteiger partial charge in [0.2, 0.25) is 0 Å². The quantitative estimate of drug-likeness (QED) is 0.525. The number of thiazole rings is 1. The number of nitrogens with zero attached hydrogens (tertiary/aromatic N) is 3. The molecule has 0 N–H and O–H groups in total. The molecular formula is C17H10ClN3OS. The van der Waals surface area contributed by atoms with E-state index in [2.05, 4.69) is 6.07 Å². The SMILES string of the molecule is N#CCc1c(-c2ccc(Cl)cc2)nc2scc(-c3ccco3)n12. The van der Waals surface area contributed by atoms with E-state index in [0.717, 1.165) is 33.4 Å². The lowest BCUT2D eigenvalue weighted by atomic mass is 10.1. The Morgan fingerprint density at radius 3 is 2.78 bits per heavy atom. The highest BCUT2D eigenvalue weighted by Gasteiger charge is 2.19. The number of aromatic nitrogens is 2. The van der Waals surface area contributed by atoms with Gasteiger partial charge in [-0.25, -0.2) is 4.98 Å². The predicted molar refractivity (Wildman–Crippen MR) is 90.5 cm³/mol. The van der Waals surface area contributed by atoms with Crippen LogP contribution in [-0.4, -0.2) is 9.38 Å². The van der Waals surface area contributed by atoms with Gasteiger partial charge in [0.05, 0.1) is 30.1 Å². The number of halogens is 1. The summed E-state index contributed by atoms with van der Waals surface area (Å²) in [5.74, 6) is 0.760. The van der Waals surface area contributed by atoms with Gasteiger partial charge in [0.25, 0.3) is 0 Å². The topological polar surface area (TPSA) is 54.2 Å². The van der Waals surface area contributed by atoms with Crippen molar-refractivity contribution < 1.29 is 4.42 Å². The summed E-state index contributed by atoms with van der Waals surface area (Å²) in [6.45, 7) is 0. The van der Waals surface area contributed by atoms with Gasteiger partial charge in [0.15, 0.2) is 10.7 Å². The van der Waals surface area contributed by atoms with Crippen LogP contribution in [0.1, 0.15) is 5.69 Å². The van der Waals surface area contributed by atoms with Gasteiger partial charge >= 0.3 is 0 Å². The van der Waals surface area contributed by atoms with E-state index in [9.17, 15) is 5.26 Å². The summed E-state index contributed by atoms with van der Waals surface area (Å²) < 4.78 is 7.50. The van der Waals surface area contributed by atoms with Crippen LogP contribution < -0.4 is 0 Å². The minimum absolute atomic E-state index is 0.267. The minimum atomic E-state index is 0.267. The molecule has 0 radical (unpaired) electrons. The molecule has 0 aliphatic rings. The van der Waals surface area contributed by atoms with E-state index in [1.165, 1.54) is 11.3 Å². The van der Waals surface area contributed by atoms with Crippen molar-refractivity contribution in [1.29, 1.82) is 5.26 Å². The summed E-state index contributed by atoms with van der Waals surface area (Å²) in [6.07, 6.45) is 1.91. The lowest BCUT2D eigenvalue weighted by Gasteiger charge is -2.03. The highest BCUT2D eigenvalue weighted by molar-refractivity contribution is 7.15. The molecule has 4 nitrogen and oxygen atoms in total. The first-order chi connectivity index (χ1) is 11.3. The molecule has 0 aliphatic carbocycles. The summed E-state index contributed by atoms with van der Waals surface area (Å²) in [6, 6.07) is 13.5. The van der Waals surface area contributed by atoms with Crippen LogP contribution in [0.4, 0.5) is 0 Å². The molecule has 0 saturated heterocycles. The molecule has 4 rings (SSSR count). The molecule has 0 spiro atoms. The van der Waals surface area contributed by atoms with Gasteiger partial charge in [0, 0.05) is 16.0 Å². The normalized spacial score (nSPS) is 11.0. The molecule has 6 heteroatoms. The van der Waals surface area contributed by atoms with Crippen molar-refractivity contribution in [2.45, 2.75) is 6.42 Å². The van der Waals surface area contributed by atoms with E-state index in [1.807, 2.05) is 46.2 Å². The number of rotatable bonds is 3. The Bertz CT molecular complexity index is 1010. The van der Waals surface area contributed by atoms with Crippen molar-refractivity contribution in [2.75, 3.05) is 0 Å². The number of hydrogen-bond donors (Lipinski definition) is 0. The van der Waals surface area contributed by atoms with Crippen LogP contribution in [0.5, 0.6) is 0 Å². The number of fused-ring (bicyclic) bond motifs is 1. The second-order valence-electron chi connectivity index (χ2n) is 4.97. The third-order valence-corrected chi connectivity index (χ3v) is 4.67. The second-order valence-corrected chi connectivity index (χ2v) is 6.24. The van der Waals surface area contributed by atoms with Crippen LogP contribution in [0.2, 0.25) is 5.02 Å². The molecule has 4 aromatic rings. The smallest absolute Gasteiger partial charge is 0.195 e. The highest BCUT2D eigenvalue weighted by Crippen LogP contribution is 2.33. The molecular weight excluding hydrogens is 330 g/mol. The van der Waals surface area contributed by atoms with E-state index in [1.54, 1.807) is 6.26 Å². The van der Waals surface area contributed by atoms with Crippen molar-refractivity contribution in [3.05, 3.63) is 58.8 Å². The first-order valence-corrected chi connectivity index (χ1v) is 8.19. The van der Waals surface area contributed by atoms with E-state index < -0.39 is 0 Å². The third-order valence-electron chi connectivity index (χ3n) is 3.60. The number of imidazole rings is 1. The van der Waals surface area contributed by atoms with Crippen LogP contribution in [0.15, 0.2) is 52.5 Å². The van der Waals surface area contributed by atoms with Crippen LogP contribution in [0, 0.1) is 11.3 Å². The predicted octanol–water partition coefficient (Wildman–Crippen LogP) is 5.04. The maximum Gasteiger partial charge on any atom is 0.195 e. The summed E-state index contributed by atoms with van der Waals surface area (Å²) in [5, 5.41) is 11.9. The monoisotopic (exact) mass is 339 g/mol. The lowest BCUT2D eigenvalue weighted by molar-refractivity contribution is 0.579. The van der Waals surface area contributed by atoms with Crippen molar-refractivity contribution in [3.63, 3.8) is 0 Å². The van der Waals surface area contributed by atoms with Gasteiger partial charge in [-0.3, -0.25) is 4.40 Å². The maximum atomic E-state index is 9.24. The Balaban J connectivity index is 1.97. The molecule has 0 atom stereocenters. The fraction of sp³-hybridized carbons (Fsp3) is 0.0588. The standard InChI is InChI=1S/C17H10ClN3OS/c18-12-5-3-11(4-6-12)16-13(7-8-19)21-14(10-23-17(21)20-16)15-2-1-9-22-15/h1-6,9-10H,7H2. The number of benzene rings is 1. The Hall–Kier alpha value is -2.55. The Morgan fingerprint density at radius 1 is 1.26 bits per heavy atom. The van der Waals surface area contributed by atoms with Crippen molar-refractivity contribution in [2.24, 2.45) is 0 Å². The zero-order valence-electron chi connectivity index (χ0n) is 11.9. The van der Waals surface area contributed by atoms with Crippen LogP contribution in [0.25, 0.3) is 27.7 Å². The molecule has 23 heavy (non-hydrogen) atoms. The van der Waals surface area contributed by atoms with Gasteiger partial charge in [-0.2, -0.15) is 5.26 Å². The van der Waals surface area contributed by atoms with E-state index >= 15 is 0 Å². The fourth-order valence-electron chi connectivity index (χ4n) is 2.59. The Labute approximate surface area is 141 Å². The molecule has 0 bridgehead atoms. The van der Waals surface area contributed by atoms with E-state index in [0.29, 0.717) is 5.02 Å². The average molecular weight is 340 g/mol. The van der Waals surface area contributed by atoms with Gasteiger partial charge in [-0.05, 0) is 24.3 Å². The van der Waals surface area contributed by atoms with Crippen LogP contribution in [-0.2, 0) is 6.42 Å². The summed E-state index contributed by atoms with van der Waals surface area (Å²) in [7, 11) is 0. The number of nitriles is 1. The summed E-state index contributed by atoms with van der Waals surface area (Å²) in [5.41, 5.74) is 3.52. The Morgan fingerprint density at radius 2 is 2.09 bits per heavy atom. The summed E-state index contributed by atoms with van der Waals surface area (Å²) in [4.78, 5) is 5.55. The summed E-state index contributed by atoms with van der Waals surface area (Å²) >= 11 is 7.49. The third kappa shape index (κ3) is 2.33. The zero-order valence-corrected chi connectivity index (χ0v) is 13.4. The molecule has 112 valence electrons. The van der Waals surface area contributed by atoms with Crippen molar-refractivity contribution >= 4 is 27.9 Å². The van der Waals surface area contributed by atoms with Gasteiger partial charge < -0.3 is 4.42 Å². The zero-order chi connectivity index (χ0) is 15.8. The number of hydrogen-bond acceptors (Lipinski definition) is 4. The fourth-order valence-corrected chi connectivity index (χ4v) is 3.61. The molecule has 0 fully saturated rings. The number of furan rings is 1. The lowest BCUT2D eigenvalue weighted by Crippen LogP contribution is -1.94. The van der Waals surface area contributed by atoms with E-state index in [-0.39, 0.29) is 6.42 Å². The molecule has 0 amide bonds. The molecule has 0 saturated carbocycles. The minimum Gasteiger partial charge on any atom is -0.463 e. The molecule has 1 aromatic carbocycles. The molecule has 0 unspecified atom stereocenters. The Kier molecular flexibility index (Phi) is 3.41. The average Bonchev–Trinajstić information content (AvgIpc) is 3.26. The van der Waals surface area contributed by atoms with Crippen molar-refractivity contribution in [1.82, 2.24) is 9.38 Å². The highest BCUT2D eigenvalue weighted by atomic mass is 35.5.